The van der Waals surface area contributed by atoms with Crippen molar-refractivity contribution in [2.75, 3.05) is 13.2 Å². The summed E-state index contributed by atoms with van der Waals surface area (Å²) in [7, 11) is 0. The van der Waals surface area contributed by atoms with Crippen molar-refractivity contribution in [3.8, 4) is 5.75 Å². The summed E-state index contributed by atoms with van der Waals surface area (Å²) in [5, 5.41) is 10.2. The fraction of sp³-hybridized carbons (Fsp3) is 0.231. The molecule has 3 N–H and O–H groups in total. The molecule has 0 saturated heterocycles. The number of carbonyl (C=O) groups is 1. The summed E-state index contributed by atoms with van der Waals surface area (Å²) in [4.78, 5) is 11.9. The van der Waals surface area contributed by atoms with Crippen molar-refractivity contribution in [3.63, 3.8) is 0 Å². The number of hydrogen-bond donors (Lipinski definition) is 2. The van der Waals surface area contributed by atoms with E-state index in [0.717, 1.165) is 0 Å². The first-order valence-corrected chi connectivity index (χ1v) is 6.70. The van der Waals surface area contributed by atoms with E-state index in [1.807, 2.05) is 0 Å². The zero-order valence-electron chi connectivity index (χ0n) is 11.2. The first-order valence-electron chi connectivity index (χ1n) is 6.29. The molecule has 0 aliphatic heterocycles. The number of nitrogens with zero attached hydrogens (tertiary/aromatic N) is 3. The van der Waals surface area contributed by atoms with Crippen molar-refractivity contribution >= 4 is 23.1 Å². The zero-order chi connectivity index (χ0) is 15.1. The summed E-state index contributed by atoms with van der Waals surface area (Å²) in [5.74, 6) is 0.268. The average molecular weight is 305 g/mol. The number of benzene rings is 1. The number of thiocarbonyl (C=S) groups is 1. The SMILES string of the molecule is NC(=S)c1ccccc1OCC(=O)NCCn1ccnn1. The monoisotopic (exact) mass is 305 g/mol. The normalized spacial score (nSPS) is 10.1. The number of rotatable bonds is 7. The molecule has 0 radical (unpaired) electrons. The lowest BCUT2D eigenvalue weighted by atomic mass is 10.2. The smallest absolute Gasteiger partial charge is 0.258 e. The summed E-state index contributed by atoms with van der Waals surface area (Å²) >= 11 is 4.93. The van der Waals surface area contributed by atoms with Crippen LogP contribution in [0.25, 0.3) is 0 Å². The zero-order valence-corrected chi connectivity index (χ0v) is 12.0. The second-order valence-electron chi connectivity index (χ2n) is 4.17. The number of nitrogens with two attached hydrogens (primary N) is 1. The predicted molar refractivity (Wildman–Crippen MR) is 80.9 cm³/mol. The van der Waals surface area contributed by atoms with Crippen LogP contribution in [0.2, 0.25) is 0 Å². The molecule has 7 nitrogen and oxygen atoms in total. The third-order valence-electron chi connectivity index (χ3n) is 2.65. The third kappa shape index (κ3) is 4.53. The van der Waals surface area contributed by atoms with Gasteiger partial charge >= 0.3 is 0 Å². The highest BCUT2D eigenvalue weighted by Crippen LogP contribution is 2.17. The van der Waals surface area contributed by atoms with Crippen molar-refractivity contribution in [1.82, 2.24) is 20.3 Å². The van der Waals surface area contributed by atoms with Gasteiger partial charge in [0.25, 0.3) is 5.91 Å². The Morgan fingerprint density at radius 1 is 1.43 bits per heavy atom. The van der Waals surface area contributed by atoms with Gasteiger partial charge in [0.1, 0.15) is 10.7 Å². The Morgan fingerprint density at radius 3 is 2.95 bits per heavy atom. The van der Waals surface area contributed by atoms with Crippen molar-refractivity contribution in [2.45, 2.75) is 6.54 Å². The van der Waals surface area contributed by atoms with E-state index in [0.29, 0.717) is 24.4 Å². The Hall–Kier alpha value is -2.48. The molecular weight excluding hydrogens is 290 g/mol. The summed E-state index contributed by atoms with van der Waals surface area (Å²) in [5.41, 5.74) is 6.20. The molecule has 21 heavy (non-hydrogen) atoms. The molecular formula is C13H15N5O2S. The lowest BCUT2D eigenvalue weighted by Crippen LogP contribution is -2.32. The molecule has 1 amide bonds. The minimum Gasteiger partial charge on any atom is -0.483 e. The second kappa shape index (κ2) is 7.34. The topological polar surface area (TPSA) is 95.1 Å². The molecule has 0 spiro atoms. The number of amides is 1. The van der Waals surface area contributed by atoms with E-state index in [1.165, 1.54) is 0 Å². The van der Waals surface area contributed by atoms with Crippen LogP contribution >= 0.6 is 12.2 Å². The van der Waals surface area contributed by atoms with E-state index in [2.05, 4.69) is 15.6 Å². The van der Waals surface area contributed by atoms with Gasteiger partial charge in [-0.2, -0.15) is 0 Å². The van der Waals surface area contributed by atoms with Gasteiger partial charge in [-0.3, -0.25) is 9.48 Å². The molecule has 0 fully saturated rings. The van der Waals surface area contributed by atoms with Gasteiger partial charge in [0.05, 0.1) is 18.3 Å². The molecule has 8 heteroatoms. The molecule has 0 bridgehead atoms. The van der Waals surface area contributed by atoms with Crippen LogP contribution in [0.15, 0.2) is 36.7 Å². The van der Waals surface area contributed by atoms with E-state index in [4.69, 9.17) is 22.7 Å². The molecule has 0 unspecified atom stereocenters. The maximum atomic E-state index is 11.7. The average Bonchev–Trinajstić information content (AvgIpc) is 2.98. The molecule has 1 aromatic heterocycles. The first-order chi connectivity index (χ1) is 10.2. The predicted octanol–water partition coefficient (Wildman–Crippen LogP) is 0.107. The minimum atomic E-state index is -0.229. The fourth-order valence-corrected chi connectivity index (χ4v) is 1.82. The first kappa shape index (κ1) is 14.9. The summed E-state index contributed by atoms with van der Waals surface area (Å²) < 4.78 is 7.06. The van der Waals surface area contributed by atoms with E-state index in [1.54, 1.807) is 41.3 Å². The second-order valence-corrected chi connectivity index (χ2v) is 4.60. The number of aromatic nitrogens is 3. The summed E-state index contributed by atoms with van der Waals surface area (Å²) in [6, 6.07) is 7.07. The Balaban J connectivity index is 1.77. The summed E-state index contributed by atoms with van der Waals surface area (Å²) in [6.07, 6.45) is 3.30. The Labute approximate surface area is 127 Å². The van der Waals surface area contributed by atoms with Crippen molar-refractivity contribution < 1.29 is 9.53 Å². The molecule has 2 aromatic rings. The third-order valence-corrected chi connectivity index (χ3v) is 2.87. The Morgan fingerprint density at radius 2 is 2.24 bits per heavy atom. The van der Waals surface area contributed by atoms with Gasteiger partial charge in [-0.25, -0.2) is 0 Å². The maximum Gasteiger partial charge on any atom is 0.258 e. The molecule has 0 saturated carbocycles. The van der Waals surface area contributed by atoms with E-state index in [-0.39, 0.29) is 17.5 Å². The Kier molecular flexibility index (Phi) is 5.22. The fourth-order valence-electron chi connectivity index (χ4n) is 1.65. The van der Waals surface area contributed by atoms with Crippen LogP contribution in [-0.2, 0) is 11.3 Å². The standard InChI is InChI=1S/C13H15N5O2S/c14-13(21)10-3-1-2-4-11(10)20-9-12(19)15-5-7-18-8-6-16-17-18/h1-4,6,8H,5,7,9H2,(H2,14,21)(H,15,19). The van der Waals surface area contributed by atoms with Gasteiger partial charge in [-0.1, -0.05) is 29.6 Å². The van der Waals surface area contributed by atoms with Gasteiger partial charge < -0.3 is 15.8 Å². The van der Waals surface area contributed by atoms with Crippen molar-refractivity contribution in [3.05, 3.63) is 42.2 Å². The number of carbonyl (C=O) groups excluding carboxylic acids is 1. The lowest BCUT2D eigenvalue weighted by Gasteiger charge is -2.10. The van der Waals surface area contributed by atoms with Crippen LogP contribution in [0.4, 0.5) is 0 Å². The number of hydrogen-bond acceptors (Lipinski definition) is 5. The van der Waals surface area contributed by atoms with E-state index >= 15 is 0 Å². The van der Waals surface area contributed by atoms with Crippen molar-refractivity contribution in [1.29, 1.82) is 0 Å². The van der Waals surface area contributed by atoms with Crippen LogP contribution in [0.1, 0.15) is 5.56 Å². The van der Waals surface area contributed by atoms with Crippen LogP contribution in [0.5, 0.6) is 5.75 Å². The van der Waals surface area contributed by atoms with Crippen LogP contribution < -0.4 is 15.8 Å². The molecule has 0 atom stereocenters. The largest absolute Gasteiger partial charge is 0.483 e. The molecule has 0 aliphatic carbocycles. The van der Waals surface area contributed by atoms with Crippen LogP contribution in [-0.4, -0.2) is 39.0 Å². The minimum absolute atomic E-state index is 0.100. The van der Waals surface area contributed by atoms with Crippen molar-refractivity contribution in [2.24, 2.45) is 5.73 Å². The highest BCUT2D eigenvalue weighted by atomic mass is 32.1. The van der Waals surface area contributed by atoms with Gasteiger partial charge in [0.15, 0.2) is 6.61 Å². The van der Waals surface area contributed by atoms with Gasteiger partial charge in [-0.15, -0.1) is 5.10 Å². The highest BCUT2D eigenvalue weighted by molar-refractivity contribution is 7.80. The Bertz CT molecular complexity index is 615. The molecule has 1 aromatic carbocycles. The highest BCUT2D eigenvalue weighted by Gasteiger charge is 2.08. The number of para-hydroxylation sites is 1. The van der Waals surface area contributed by atoms with Crippen LogP contribution in [0, 0.1) is 0 Å². The maximum absolute atomic E-state index is 11.7. The molecule has 1 heterocycles. The molecule has 2 rings (SSSR count). The van der Waals surface area contributed by atoms with Gasteiger partial charge in [0.2, 0.25) is 0 Å². The van der Waals surface area contributed by atoms with E-state index in [9.17, 15) is 4.79 Å². The van der Waals surface area contributed by atoms with E-state index < -0.39 is 0 Å². The lowest BCUT2D eigenvalue weighted by molar-refractivity contribution is -0.123. The quantitative estimate of drug-likeness (QED) is 0.705. The molecule has 110 valence electrons. The van der Waals surface area contributed by atoms with Gasteiger partial charge in [0, 0.05) is 12.7 Å². The van der Waals surface area contributed by atoms with Gasteiger partial charge in [-0.05, 0) is 12.1 Å². The summed E-state index contributed by atoms with van der Waals surface area (Å²) in [6.45, 7) is 0.898. The number of ether oxygens (including phenoxy) is 1. The number of nitrogens with one attached hydrogen (secondary N) is 1. The molecule has 0 aliphatic rings. The van der Waals surface area contributed by atoms with Crippen LogP contribution in [0.3, 0.4) is 0 Å².